The van der Waals surface area contributed by atoms with Crippen molar-refractivity contribution in [1.29, 1.82) is 0 Å². The fourth-order valence-electron chi connectivity index (χ4n) is 2.79. The summed E-state index contributed by atoms with van der Waals surface area (Å²) < 4.78 is 26.4. The van der Waals surface area contributed by atoms with Crippen molar-refractivity contribution < 1.29 is 13.6 Å². The monoisotopic (exact) mass is 351 g/mol. The molecule has 4 nitrogen and oxygen atoms in total. The summed E-state index contributed by atoms with van der Waals surface area (Å²) in [5, 5.41) is 3.32. The summed E-state index contributed by atoms with van der Waals surface area (Å²) >= 11 is 6.00. The zero-order chi connectivity index (χ0) is 17.1. The summed E-state index contributed by atoms with van der Waals surface area (Å²) in [4.78, 5) is 12.4. The second-order valence-electron chi connectivity index (χ2n) is 5.66. The van der Waals surface area contributed by atoms with E-state index in [4.69, 9.17) is 11.6 Å². The van der Waals surface area contributed by atoms with Crippen LogP contribution in [0.5, 0.6) is 0 Å². The molecule has 0 spiro atoms. The van der Waals surface area contributed by atoms with Gasteiger partial charge in [0.15, 0.2) is 0 Å². The Labute approximate surface area is 143 Å². The number of rotatable bonds is 4. The van der Waals surface area contributed by atoms with Crippen LogP contribution in [0, 0.1) is 17.6 Å². The minimum atomic E-state index is -0.666. The van der Waals surface area contributed by atoms with Gasteiger partial charge in [0.05, 0.1) is 12.0 Å². The molecule has 126 valence electrons. The van der Waals surface area contributed by atoms with Gasteiger partial charge in [0.25, 0.3) is 0 Å². The summed E-state index contributed by atoms with van der Waals surface area (Å²) in [6.07, 6.45) is 0. The van der Waals surface area contributed by atoms with Crippen LogP contribution in [0.3, 0.4) is 0 Å². The fourth-order valence-corrected chi connectivity index (χ4v) is 2.99. The van der Waals surface area contributed by atoms with Crippen LogP contribution in [0.2, 0.25) is 5.02 Å². The number of hydrogen-bond donors (Lipinski definition) is 3. The lowest BCUT2D eigenvalue weighted by molar-refractivity contribution is -0.125. The van der Waals surface area contributed by atoms with Crippen molar-refractivity contribution in [3.8, 4) is 0 Å². The lowest BCUT2D eigenvalue weighted by atomic mass is 9.94. The standard InChI is InChI=1S/C17H16ClF2N3O/c18-12-3-1-2-11(6-12)16-15(9-22-23-16)17(24)21-8-10-4-13(19)7-14(20)5-10/h1-7,15-16,22-23H,8-9H2,(H,21,24). The highest BCUT2D eigenvalue weighted by molar-refractivity contribution is 6.30. The molecule has 2 unspecified atom stereocenters. The first-order chi connectivity index (χ1) is 11.5. The Bertz CT molecular complexity index is 736. The van der Waals surface area contributed by atoms with Crippen LogP contribution in [0.15, 0.2) is 42.5 Å². The largest absolute Gasteiger partial charge is 0.352 e. The third-order valence-corrected chi connectivity index (χ3v) is 4.15. The maximum absolute atomic E-state index is 13.2. The first-order valence-corrected chi connectivity index (χ1v) is 7.87. The first-order valence-electron chi connectivity index (χ1n) is 7.49. The van der Waals surface area contributed by atoms with Crippen molar-refractivity contribution in [1.82, 2.24) is 16.2 Å². The first kappa shape index (κ1) is 16.8. The Morgan fingerprint density at radius 2 is 1.96 bits per heavy atom. The maximum Gasteiger partial charge on any atom is 0.226 e. The summed E-state index contributed by atoms with van der Waals surface area (Å²) in [6, 6.07) is 10.2. The lowest BCUT2D eigenvalue weighted by Gasteiger charge is -2.18. The van der Waals surface area contributed by atoms with Gasteiger partial charge in [-0.3, -0.25) is 10.2 Å². The number of nitrogens with one attached hydrogen (secondary N) is 3. The van der Waals surface area contributed by atoms with E-state index in [1.807, 2.05) is 12.1 Å². The molecule has 2 aromatic carbocycles. The van der Waals surface area contributed by atoms with Crippen molar-refractivity contribution in [2.45, 2.75) is 12.6 Å². The quantitative estimate of drug-likeness (QED) is 0.794. The van der Waals surface area contributed by atoms with Gasteiger partial charge < -0.3 is 5.32 Å². The fraction of sp³-hybridized carbons (Fsp3) is 0.235. The molecule has 24 heavy (non-hydrogen) atoms. The molecule has 0 aliphatic carbocycles. The van der Waals surface area contributed by atoms with Crippen molar-refractivity contribution in [3.05, 3.63) is 70.2 Å². The molecule has 1 amide bonds. The molecule has 1 heterocycles. The minimum Gasteiger partial charge on any atom is -0.352 e. The second kappa shape index (κ2) is 7.25. The third kappa shape index (κ3) is 3.90. The maximum atomic E-state index is 13.2. The number of benzene rings is 2. The molecule has 3 rings (SSSR count). The Hall–Kier alpha value is -2.02. The topological polar surface area (TPSA) is 53.2 Å². The van der Waals surface area contributed by atoms with E-state index in [0.29, 0.717) is 17.1 Å². The van der Waals surface area contributed by atoms with Crippen LogP contribution in [-0.4, -0.2) is 12.5 Å². The Balaban J connectivity index is 1.67. The molecule has 0 saturated carbocycles. The molecule has 7 heteroatoms. The summed E-state index contributed by atoms with van der Waals surface area (Å²) in [7, 11) is 0. The molecule has 1 aliphatic heterocycles. The van der Waals surface area contributed by atoms with Crippen molar-refractivity contribution in [3.63, 3.8) is 0 Å². The zero-order valence-corrected chi connectivity index (χ0v) is 13.4. The van der Waals surface area contributed by atoms with Crippen LogP contribution >= 0.6 is 11.6 Å². The summed E-state index contributed by atoms with van der Waals surface area (Å²) in [5.41, 5.74) is 7.29. The summed E-state index contributed by atoms with van der Waals surface area (Å²) in [5.74, 6) is -1.90. The van der Waals surface area contributed by atoms with Gasteiger partial charge in [-0.25, -0.2) is 14.2 Å². The molecule has 1 saturated heterocycles. The van der Waals surface area contributed by atoms with E-state index in [1.54, 1.807) is 12.1 Å². The number of hydrazine groups is 1. The highest BCUT2D eigenvalue weighted by atomic mass is 35.5. The van der Waals surface area contributed by atoms with Gasteiger partial charge in [0.1, 0.15) is 11.6 Å². The molecular weight excluding hydrogens is 336 g/mol. The predicted octanol–water partition coefficient (Wildman–Crippen LogP) is 2.70. The van der Waals surface area contributed by atoms with E-state index in [1.165, 1.54) is 12.1 Å². The van der Waals surface area contributed by atoms with Crippen LogP contribution in [0.1, 0.15) is 17.2 Å². The average Bonchev–Trinajstić information content (AvgIpc) is 3.01. The van der Waals surface area contributed by atoms with E-state index < -0.39 is 11.6 Å². The van der Waals surface area contributed by atoms with Crippen LogP contribution in [0.25, 0.3) is 0 Å². The average molecular weight is 352 g/mol. The van der Waals surface area contributed by atoms with E-state index in [0.717, 1.165) is 11.6 Å². The Morgan fingerprint density at radius 1 is 1.21 bits per heavy atom. The molecule has 3 N–H and O–H groups in total. The van der Waals surface area contributed by atoms with Gasteiger partial charge in [-0.1, -0.05) is 23.7 Å². The van der Waals surface area contributed by atoms with Crippen molar-refractivity contribution in [2.75, 3.05) is 6.54 Å². The van der Waals surface area contributed by atoms with Crippen molar-refractivity contribution in [2.24, 2.45) is 5.92 Å². The van der Waals surface area contributed by atoms with E-state index in [-0.39, 0.29) is 24.4 Å². The number of halogens is 3. The third-order valence-electron chi connectivity index (χ3n) is 3.92. The molecule has 1 aliphatic rings. The normalized spacial score (nSPS) is 20.1. The zero-order valence-electron chi connectivity index (χ0n) is 12.7. The smallest absolute Gasteiger partial charge is 0.226 e. The van der Waals surface area contributed by atoms with Crippen molar-refractivity contribution >= 4 is 17.5 Å². The Morgan fingerprint density at radius 3 is 2.67 bits per heavy atom. The SMILES string of the molecule is O=C(NCc1cc(F)cc(F)c1)C1CNNC1c1cccc(Cl)c1. The van der Waals surface area contributed by atoms with Crippen LogP contribution in [0.4, 0.5) is 8.78 Å². The highest BCUT2D eigenvalue weighted by Gasteiger charge is 2.33. The number of amides is 1. The van der Waals surface area contributed by atoms with Crippen LogP contribution in [-0.2, 0) is 11.3 Å². The molecule has 2 atom stereocenters. The highest BCUT2D eigenvalue weighted by Crippen LogP contribution is 2.27. The van der Waals surface area contributed by atoms with Gasteiger partial charge in [0, 0.05) is 24.2 Å². The van der Waals surface area contributed by atoms with E-state index >= 15 is 0 Å². The second-order valence-corrected chi connectivity index (χ2v) is 6.10. The van der Waals surface area contributed by atoms with Gasteiger partial charge in [-0.2, -0.15) is 0 Å². The number of carbonyl (C=O) groups excluding carboxylic acids is 1. The minimum absolute atomic E-state index is 0.0618. The number of hydrogen-bond acceptors (Lipinski definition) is 3. The van der Waals surface area contributed by atoms with Gasteiger partial charge in [-0.05, 0) is 35.4 Å². The number of carbonyl (C=O) groups is 1. The Kier molecular flexibility index (Phi) is 5.08. The van der Waals surface area contributed by atoms with Crippen LogP contribution < -0.4 is 16.2 Å². The lowest BCUT2D eigenvalue weighted by Crippen LogP contribution is -2.34. The molecule has 0 radical (unpaired) electrons. The molecule has 1 fully saturated rings. The molecule has 0 bridgehead atoms. The van der Waals surface area contributed by atoms with Gasteiger partial charge in [0.2, 0.25) is 5.91 Å². The predicted molar refractivity (Wildman–Crippen MR) is 87.0 cm³/mol. The van der Waals surface area contributed by atoms with E-state index in [2.05, 4.69) is 16.2 Å². The summed E-state index contributed by atoms with van der Waals surface area (Å²) in [6.45, 7) is 0.507. The van der Waals surface area contributed by atoms with Gasteiger partial charge >= 0.3 is 0 Å². The van der Waals surface area contributed by atoms with Gasteiger partial charge in [-0.15, -0.1) is 0 Å². The molecule has 0 aromatic heterocycles. The molecular formula is C17H16ClF2N3O. The van der Waals surface area contributed by atoms with E-state index in [9.17, 15) is 13.6 Å². The molecule has 2 aromatic rings.